The van der Waals surface area contributed by atoms with Gasteiger partial charge in [0.15, 0.2) is 0 Å². The van der Waals surface area contributed by atoms with Gasteiger partial charge in [-0.2, -0.15) is 0 Å². The second-order valence-corrected chi connectivity index (χ2v) is 8.08. The molecule has 2 aliphatic rings. The van der Waals surface area contributed by atoms with E-state index in [1.54, 1.807) is 0 Å². The molecular formula is C21H31ClN2O. The third-order valence-electron chi connectivity index (χ3n) is 5.78. The van der Waals surface area contributed by atoms with E-state index in [4.69, 9.17) is 11.6 Å². The Hall–Kier alpha value is -1.06. The predicted molar refractivity (Wildman–Crippen MR) is 104 cm³/mol. The summed E-state index contributed by atoms with van der Waals surface area (Å²) in [6.07, 6.45) is 10.2. The van der Waals surface area contributed by atoms with Gasteiger partial charge in [0.1, 0.15) is 0 Å². The van der Waals surface area contributed by atoms with Crippen LogP contribution >= 0.6 is 11.6 Å². The predicted octanol–water partition coefficient (Wildman–Crippen LogP) is 4.43. The molecule has 0 bridgehead atoms. The van der Waals surface area contributed by atoms with Crippen LogP contribution in [0, 0.1) is 5.92 Å². The van der Waals surface area contributed by atoms with Crippen molar-refractivity contribution in [1.82, 2.24) is 10.2 Å². The lowest BCUT2D eigenvalue weighted by molar-refractivity contribution is -0.122. The first-order valence-corrected chi connectivity index (χ1v) is 10.4. The average Bonchev–Trinajstić information content (AvgIpc) is 2.64. The summed E-state index contributed by atoms with van der Waals surface area (Å²) in [4.78, 5) is 15.1. The van der Waals surface area contributed by atoms with E-state index >= 15 is 0 Å². The molecule has 0 spiro atoms. The molecule has 1 aliphatic heterocycles. The molecule has 0 unspecified atom stereocenters. The van der Waals surface area contributed by atoms with Crippen molar-refractivity contribution in [2.45, 2.75) is 63.8 Å². The molecular weight excluding hydrogens is 332 g/mol. The molecule has 2 fully saturated rings. The smallest absolute Gasteiger partial charge is 0.220 e. The fourth-order valence-corrected chi connectivity index (χ4v) is 4.55. The summed E-state index contributed by atoms with van der Waals surface area (Å²) in [6.45, 7) is 3.64. The van der Waals surface area contributed by atoms with E-state index in [2.05, 4.69) is 10.2 Å². The number of benzene rings is 1. The molecule has 1 saturated heterocycles. The first-order valence-electron chi connectivity index (χ1n) is 9.97. The molecule has 1 aliphatic carbocycles. The number of carbonyl (C=O) groups excluding carboxylic acids is 1. The summed E-state index contributed by atoms with van der Waals surface area (Å²) >= 11 is 6.19. The van der Waals surface area contributed by atoms with Gasteiger partial charge in [0, 0.05) is 24.0 Å². The van der Waals surface area contributed by atoms with Crippen LogP contribution in [0.3, 0.4) is 0 Å². The van der Waals surface area contributed by atoms with Gasteiger partial charge in [0.25, 0.3) is 0 Å². The van der Waals surface area contributed by atoms with E-state index < -0.39 is 0 Å². The zero-order chi connectivity index (χ0) is 17.5. The van der Waals surface area contributed by atoms with Gasteiger partial charge in [0.2, 0.25) is 5.91 Å². The molecule has 1 saturated carbocycles. The third kappa shape index (κ3) is 5.72. The fraction of sp³-hybridized carbons (Fsp3) is 0.667. The van der Waals surface area contributed by atoms with Crippen molar-refractivity contribution in [3.05, 3.63) is 34.9 Å². The van der Waals surface area contributed by atoms with E-state index in [1.165, 1.54) is 51.6 Å². The number of amides is 1. The zero-order valence-corrected chi connectivity index (χ0v) is 15.9. The SMILES string of the molecule is O=C(CCc1ccccc1Cl)N[C@@H]1CCCC[C@H]1CN1CCCCC1. The van der Waals surface area contributed by atoms with Crippen molar-refractivity contribution in [2.75, 3.05) is 19.6 Å². The van der Waals surface area contributed by atoms with Crippen LogP contribution in [0.2, 0.25) is 5.02 Å². The zero-order valence-electron chi connectivity index (χ0n) is 15.2. The Bertz CT molecular complexity index is 557. The molecule has 1 N–H and O–H groups in total. The summed E-state index contributed by atoms with van der Waals surface area (Å²) < 4.78 is 0. The second kappa shape index (κ2) is 9.59. The highest BCUT2D eigenvalue weighted by molar-refractivity contribution is 6.31. The van der Waals surface area contributed by atoms with Crippen LogP contribution < -0.4 is 5.32 Å². The van der Waals surface area contributed by atoms with Gasteiger partial charge in [-0.3, -0.25) is 4.79 Å². The Labute approximate surface area is 157 Å². The standard InChI is InChI=1S/C21H31ClN2O/c22-19-10-4-2-8-17(19)12-13-21(25)23-20-11-5-3-9-18(20)16-24-14-6-1-7-15-24/h2,4,8,10,18,20H,1,3,5-7,9,11-16H2,(H,23,25)/t18-,20+/m0/s1. The monoisotopic (exact) mass is 362 g/mol. The first kappa shape index (κ1) is 18.7. The number of hydrogen-bond acceptors (Lipinski definition) is 2. The molecule has 1 heterocycles. The van der Waals surface area contributed by atoms with Crippen LogP contribution in [0.25, 0.3) is 0 Å². The van der Waals surface area contributed by atoms with Crippen LogP contribution in [-0.2, 0) is 11.2 Å². The average molecular weight is 363 g/mol. The number of rotatable bonds is 6. The van der Waals surface area contributed by atoms with Crippen LogP contribution in [-0.4, -0.2) is 36.5 Å². The van der Waals surface area contributed by atoms with E-state index in [9.17, 15) is 4.79 Å². The van der Waals surface area contributed by atoms with Crippen molar-refractivity contribution < 1.29 is 4.79 Å². The van der Waals surface area contributed by atoms with E-state index in [1.807, 2.05) is 24.3 Å². The lowest BCUT2D eigenvalue weighted by atomic mass is 9.83. The van der Waals surface area contributed by atoms with E-state index in [0.29, 0.717) is 18.4 Å². The van der Waals surface area contributed by atoms with Gasteiger partial charge >= 0.3 is 0 Å². The van der Waals surface area contributed by atoms with Crippen LogP contribution in [0.15, 0.2) is 24.3 Å². The Morgan fingerprint density at radius 3 is 2.64 bits per heavy atom. The van der Waals surface area contributed by atoms with Crippen LogP contribution in [0.1, 0.15) is 56.9 Å². The maximum absolute atomic E-state index is 12.5. The van der Waals surface area contributed by atoms with Crippen molar-refractivity contribution in [3.8, 4) is 0 Å². The number of likely N-dealkylation sites (tertiary alicyclic amines) is 1. The lowest BCUT2D eigenvalue weighted by Gasteiger charge is -2.37. The van der Waals surface area contributed by atoms with Crippen molar-refractivity contribution in [1.29, 1.82) is 0 Å². The molecule has 0 aromatic heterocycles. The van der Waals surface area contributed by atoms with Crippen LogP contribution in [0.5, 0.6) is 0 Å². The number of piperidine rings is 1. The highest BCUT2D eigenvalue weighted by Gasteiger charge is 2.28. The van der Waals surface area contributed by atoms with E-state index in [-0.39, 0.29) is 5.91 Å². The fourth-order valence-electron chi connectivity index (χ4n) is 4.32. The highest BCUT2D eigenvalue weighted by atomic mass is 35.5. The molecule has 4 heteroatoms. The number of carbonyl (C=O) groups is 1. The van der Waals surface area contributed by atoms with Gasteiger partial charge in [-0.05, 0) is 62.7 Å². The maximum atomic E-state index is 12.5. The Kier molecular flexibility index (Phi) is 7.18. The number of nitrogens with zero attached hydrogens (tertiary/aromatic N) is 1. The minimum Gasteiger partial charge on any atom is -0.353 e. The summed E-state index contributed by atoms with van der Waals surface area (Å²) in [5, 5.41) is 4.10. The number of nitrogens with one attached hydrogen (secondary N) is 1. The Morgan fingerprint density at radius 1 is 1.08 bits per heavy atom. The normalized spacial score (nSPS) is 24.8. The highest BCUT2D eigenvalue weighted by Crippen LogP contribution is 2.26. The molecule has 0 radical (unpaired) electrons. The summed E-state index contributed by atoms with van der Waals surface area (Å²) in [6, 6.07) is 8.17. The van der Waals surface area contributed by atoms with Gasteiger partial charge in [-0.15, -0.1) is 0 Å². The van der Waals surface area contributed by atoms with Crippen molar-refractivity contribution >= 4 is 17.5 Å². The molecule has 2 atom stereocenters. The van der Waals surface area contributed by atoms with Gasteiger partial charge in [0.05, 0.1) is 0 Å². The molecule has 25 heavy (non-hydrogen) atoms. The molecule has 138 valence electrons. The van der Waals surface area contributed by atoms with Crippen molar-refractivity contribution in [2.24, 2.45) is 5.92 Å². The second-order valence-electron chi connectivity index (χ2n) is 7.67. The summed E-state index contributed by atoms with van der Waals surface area (Å²) in [7, 11) is 0. The van der Waals surface area contributed by atoms with Gasteiger partial charge in [-0.1, -0.05) is 49.1 Å². The summed E-state index contributed by atoms with van der Waals surface area (Å²) in [5.74, 6) is 0.798. The molecule has 1 aromatic carbocycles. The minimum absolute atomic E-state index is 0.176. The number of halogens is 1. The molecule has 3 rings (SSSR count). The largest absolute Gasteiger partial charge is 0.353 e. The maximum Gasteiger partial charge on any atom is 0.220 e. The van der Waals surface area contributed by atoms with E-state index in [0.717, 1.165) is 30.0 Å². The molecule has 3 nitrogen and oxygen atoms in total. The summed E-state index contributed by atoms with van der Waals surface area (Å²) in [5.41, 5.74) is 1.06. The third-order valence-corrected chi connectivity index (χ3v) is 6.14. The van der Waals surface area contributed by atoms with Gasteiger partial charge in [-0.25, -0.2) is 0 Å². The Balaban J connectivity index is 1.48. The van der Waals surface area contributed by atoms with Gasteiger partial charge < -0.3 is 10.2 Å². The lowest BCUT2D eigenvalue weighted by Crippen LogP contribution is -2.47. The molecule has 1 aromatic rings. The van der Waals surface area contributed by atoms with Crippen molar-refractivity contribution in [3.63, 3.8) is 0 Å². The minimum atomic E-state index is 0.176. The Morgan fingerprint density at radius 2 is 1.84 bits per heavy atom. The van der Waals surface area contributed by atoms with Crippen LogP contribution in [0.4, 0.5) is 0 Å². The molecule has 1 amide bonds. The topological polar surface area (TPSA) is 32.3 Å². The number of aryl methyl sites for hydroxylation is 1. The quantitative estimate of drug-likeness (QED) is 0.811. The number of hydrogen-bond donors (Lipinski definition) is 1. The first-order chi connectivity index (χ1) is 12.2.